The second-order valence-corrected chi connectivity index (χ2v) is 6.57. The molecule has 0 fully saturated rings. The summed E-state index contributed by atoms with van der Waals surface area (Å²) in [6, 6.07) is 1.66. The Kier molecular flexibility index (Phi) is 6.57. The van der Waals surface area contributed by atoms with Gasteiger partial charge in [-0.05, 0) is 44.2 Å². The SMILES string of the molecule is CCOC(=O)c1c(C)[nH]c(CCC(=O)Nc2ccsc2C(=O)OC)c1C. The van der Waals surface area contributed by atoms with Gasteiger partial charge in [0, 0.05) is 17.8 Å². The van der Waals surface area contributed by atoms with Gasteiger partial charge in [0.1, 0.15) is 4.88 Å². The number of amides is 1. The van der Waals surface area contributed by atoms with Gasteiger partial charge in [-0.3, -0.25) is 4.79 Å². The fourth-order valence-electron chi connectivity index (χ4n) is 2.68. The van der Waals surface area contributed by atoms with Crippen molar-refractivity contribution in [2.75, 3.05) is 19.0 Å². The monoisotopic (exact) mass is 378 g/mol. The smallest absolute Gasteiger partial charge is 0.350 e. The molecule has 2 heterocycles. The van der Waals surface area contributed by atoms with E-state index in [0.29, 0.717) is 29.2 Å². The summed E-state index contributed by atoms with van der Waals surface area (Å²) in [5, 5.41) is 4.44. The first kappa shape index (κ1) is 19.7. The Morgan fingerprint density at radius 2 is 1.96 bits per heavy atom. The van der Waals surface area contributed by atoms with E-state index in [4.69, 9.17) is 9.47 Å². The van der Waals surface area contributed by atoms with Crippen LogP contribution in [-0.4, -0.2) is 36.5 Å². The molecular formula is C18H22N2O5S. The first-order chi connectivity index (χ1) is 12.4. The molecule has 0 unspecified atom stereocenters. The van der Waals surface area contributed by atoms with E-state index in [1.54, 1.807) is 25.3 Å². The molecule has 0 radical (unpaired) electrons. The summed E-state index contributed by atoms with van der Waals surface area (Å²) in [5.41, 5.74) is 3.30. The molecule has 0 aliphatic carbocycles. The van der Waals surface area contributed by atoms with Crippen molar-refractivity contribution in [2.45, 2.75) is 33.6 Å². The van der Waals surface area contributed by atoms with Crippen molar-refractivity contribution >= 4 is 34.9 Å². The van der Waals surface area contributed by atoms with Gasteiger partial charge >= 0.3 is 11.9 Å². The maximum Gasteiger partial charge on any atom is 0.350 e. The summed E-state index contributed by atoms with van der Waals surface area (Å²) in [5.74, 6) is -1.07. The van der Waals surface area contributed by atoms with Crippen LogP contribution in [-0.2, 0) is 20.7 Å². The van der Waals surface area contributed by atoms with E-state index in [2.05, 4.69) is 10.3 Å². The Morgan fingerprint density at radius 1 is 1.23 bits per heavy atom. The van der Waals surface area contributed by atoms with Crippen molar-refractivity contribution in [2.24, 2.45) is 0 Å². The molecule has 7 nitrogen and oxygen atoms in total. The Labute approximate surface area is 155 Å². The average Bonchev–Trinajstić information content (AvgIpc) is 3.16. The summed E-state index contributed by atoms with van der Waals surface area (Å²) in [6.45, 7) is 5.70. The number of nitrogens with one attached hydrogen (secondary N) is 2. The van der Waals surface area contributed by atoms with Gasteiger partial charge in [0.25, 0.3) is 0 Å². The van der Waals surface area contributed by atoms with Gasteiger partial charge in [-0.25, -0.2) is 9.59 Å². The van der Waals surface area contributed by atoms with E-state index in [9.17, 15) is 14.4 Å². The first-order valence-electron chi connectivity index (χ1n) is 8.19. The molecule has 8 heteroatoms. The molecule has 1 amide bonds. The standard InChI is InChI=1S/C18H22N2O5S/c1-5-25-17(22)15-10(2)12(19-11(15)3)6-7-14(21)20-13-8-9-26-16(13)18(23)24-4/h8-9,19H,5-7H2,1-4H3,(H,20,21). The predicted molar refractivity (Wildman–Crippen MR) is 98.8 cm³/mol. The number of hydrogen-bond acceptors (Lipinski definition) is 6. The van der Waals surface area contributed by atoms with Crippen molar-refractivity contribution in [1.82, 2.24) is 4.98 Å². The molecule has 0 saturated heterocycles. The molecule has 0 aliphatic rings. The summed E-state index contributed by atoms with van der Waals surface area (Å²) in [7, 11) is 1.30. The third-order valence-electron chi connectivity index (χ3n) is 3.93. The highest BCUT2D eigenvalue weighted by Crippen LogP contribution is 2.24. The number of methoxy groups -OCH3 is 1. The fourth-order valence-corrected chi connectivity index (χ4v) is 3.45. The Hall–Kier alpha value is -2.61. The third-order valence-corrected chi connectivity index (χ3v) is 4.83. The lowest BCUT2D eigenvalue weighted by Crippen LogP contribution is -2.14. The molecule has 0 atom stereocenters. The van der Waals surface area contributed by atoms with E-state index in [1.165, 1.54) is 18.4 Å². The molecule has 26 heavy (non-hydrogen) atoms. The van der Waals surface area contributed by atoms with Crippen LogP contribution < -0.4 is 5.32 Å². The number of aromatic nitrogens is 1. The van der Waals surface area contributed by atoms with Crippen LogP contribution in [0.2, 0.25) is 0 Å². The maximum atomic E-state index is 12.2. The van der Waals surface area contributed by atoms with E-state index >= 15 is 0 Å². The number of thiophene rings is 1. The number of aryl methyl sites for hydroxylation is 2. The second-order valence-electron chi connectivity index (χ2n) is 5.65. The van der Waals surface area contributed by atoms with Gasteiger partial charge in [0.05, 0.1) is 25.0 Å². The molecule has 0 aliphatic heterocycles. The minimum Gasteiger partial charge on any atom is -0.465 e. The fraction of sp³-hybridized carbons (Fsp3) is 0.389. The van der Waals surface area contributed by atoms with Crippen LogP contribution in [0.15, 0.2) is 11.4 Å². The molecule has 0 spiro atoms. The van der Waals surface area contributed by atoms with E-state index in [0.717, 1.165) is 17.0 Å². The highest BCUT2D eigenvalue weighted by molar-refractivity contribution is 7.12. The van der Waals surface area contributed by atoms with Gasteiger partial charge in [-0.2, -0.15) is 0 Å². The topological polar surface area (TPSA) is 97.5 Å². The zero-order valence-electron chi connectivity index (χ0n) is 15.2. The summed E-state index contributed by atoms with van der Waals surface area (Å²) in [6.07, 6.45) is 0.648. The molecule has 2 rings (SSSR count). The number of aromatic amines is 1. The number of esters is 2. The highest BCUT2D eigenvalue weighted by atomic mass is 32.1. The maximum absolute atomic E-state index is 12.2. The molecule has 2 aromatic rings. The van der Waals surface area contributed by atoms with E-state index in [1.807, 2.05) is 6.92 Å². The zero-order valence-corrected chi connectivity index (χ0v) is 16.0. The molecular weight excluding hydrogens is 356 g/mol. The van der Waals surface area contributed by atoms with Crippen molar-refractivity contribution in [3.8, 4) is 0 Å². The van der Waals surface area contributed by atoms with E-state index in [-0.39, 0.29) is 18.3 Å². The summed E-state index contributed by atoms with van der Waals surface area (Å²) >= 11 is 1.21. The number of hydrogen-bond donors (Lipinski definition) is 2. The molecule has 140 valence electrons. The van der Waals surface area contributed by atoms with Gasteiger partial charge < -0.3 is 19.8 Å². The molecule has 0 aromatic carbocycles. The predicted octanol–water partition coefficient (Wildman–Crippen LogP) is 3.23. The van der Waals surface area contributed by atoms with Gasteiger partial charge in [0.15, 0.2) is 0 Å². The number of H-pyrrole nitrogens is 1. The van der Waals surface area contributed by atoms with Crippen molar-refractivity contribution in [3.05, 3.63) is 38.8 Å². The first-order valence-corrected chi connectivity index (χ1v) is 9.07. The van der Waals surface area contributed by atoms with Gasteiger partial charge in [-0.1, -0.05) is 0 Å². The normalized spacial score (nSPS) is 10.5. The second kappa shape index (κ2) is 8.66. The molecule has 0 saturated carbocycles. The molecule has 0 bridgehead atoms. The number of ether oxygens (including phenoxy) is 2. The number of carbonyl (C=O) groups excluding carboxylic acids is 3. The number of rotatable bonds is 7. The van der Waals surface area contributed by atoms with Crippen LogP contribution in [0.1, 0.15) is 50.3 Å². The lowest BCUT2D eigenvalue weighted by Gasteiger charge is -2.06. The van der Waals surface area contributed by atoms with Crippen molar-refractivity contribution in [1.29, 1.82) is 0 Å². The quantitative estimate of drug-likeness (QED) is 0.721. The lowest BCUT2D eigenvalue weighted by molar-refractivity contribution is -0.116. The molecule has 2 N–H and O–H groups in total. The summed E-state index contributed by atoms with van der Waals surface area (Å²) in [4.78, 5) is 39.4. The van der Waals surface area contributed by atoms with Crippen molar-refractivity contribution < 1.29 is 23.9 Å². The minimum absolute atomic E-state index is 0.208. The van der Waals surface area contributed by atoms with E-state index < -0.39 is 5.97 Å². The Bertz CT molecular complexity index is 822. The van der Waals surface area contributed by atoms with Crippen LogP contribution in [0.4, 0.5) is 5.69 Å². The van der Waals surface area contributed by atoms with Crippen molar-refractivity contribution in [3.63, 3.8) is 0 Å². The summed E-state index contributed by atoms with van der Waals surface area (Å²) < 4.78 is 9.76. The Morgan fingerprint density at radius 3 is 2.62 bits per heavy atom. The minimum atomic E-state index is -0.481. The molecule has 2 aromatic heterocycles. The van der Waals surface area contributed by atoms with Crippen LogP contribution >= 0.6 is 11.3 Å². The Balaban J connectivity index is 2.02. The average molecular weight is 378 g/mol. The van der Waals surface area contributed by atoms with Crippen LogP contribution in [0.25, 0.3) is 0 Å². The highest BCUT2D eigenvalue weighted by Gasteiger charge is 2.20. The van der Waals surface area contributed by atoms with Crippen LogP contribution in [0.5, 0.6) is 0 Å². The number of carbonyl (C=O) groups is 3. The van der Waals surface area contributed by atoms with Gasteiger partial charge in [0.2, 0.25) is 5.91 Å². The van der Waals surface area contributed by atoms with Crippen LogP contribution in [0.3, 0.4) is 0 Å². The van der Waals surface area contributed by atoms with Crippen LogP contribution in [0, 0.1) is 13.8 Å². The lowest BCUT2D eigenvalue weighted by atomic mass is 10.1. The van der Waals surface area contributed by atoms with Gasteiger partial charge in [-0.15, -0.1) is 11.3 Å². The third kappa shape index (κ3) is 4.32. The largest absolute Gasteiger partial charge is 0.465 e. The zero-order chi connectivity index (χ0) is 19.3. The number of anilines is 1.